The van der Waals surface area contributed by atoms with Gasteiger partial charge in [0.1, 0.15) is 0 Å². The van der Waals surface area contributed by atoms with Crippen LogP contribution in [-0.2, 0) is 10.8 Å². The molecule has 1 rings (SSSR count). The topological polar surface area (TPSA) is 17.1 Å². The second kappa shape index (κ2) is 5.85. The quantitative estimate of drug-likeness (QED) is 0.428. The molecule has 0 aliphatic carbocycles. The fraction of sp³-hybridized carbons (Fsp3) is 0. The van der Waals surface area contributed by atoms with Crippen LogP contribution in [0.1, 0.15) is 0 Å². The number of benzene rings is 1. The fourth-order valence-electron chi connectivity index (χ4n) is 0.606. The Balaban J connectivity index is 0.000001000. The van der Waals surface area contributed by atoms with E-state index in [1.165, 1.54) is 0 Å². The second-order valence-corrected chi connectivity index (χ2v) is 3.48. The van der Waals surface area contributed by atoms with Crippen molar-refractivity contribution >= 4 is 22.4 Å². The number of rotatable bonds is 2. The van der Waals surface area contributed by atoms with Gasteiger partial charge in [-0.2, -0.15) is 5.21 Å². The van der Waals surface area contributed by atoms with E-state index in [1.54, 1.807) is 12.1 Å². The van der Waals surface area contributed by atoms with Gasteiger partial charge >= 0.3 is 18.9 Å². The third kappa shape index (κ3) is 3.44. The zero-order valence-electron chi connectivity index (χ0n) is 6.16. The summed E-state index contributed by atoms with van der Waals surface area (Å²) in [6.07, 6.45) is 0. The predicted molar refractivity (Wildman–Crippen MR) is 43.0 cm³/mol. The van der Waals surface area contributed by atoms with E-state index in [-0.39, 0.29) is 18.9 Å². The summed E-state index contributed by atoms with van der Waals surface area (Å²) in [5, 5.41) is 1.15. The Hall–Kier alpha value is 0.257. The SMILES string of the molecule is O=S([CH-]Cl)c1ccccc1.[Li+]. The van der Waals surface area contributed by atoms with Gasteiger partial charge in [-0.15, -0.1) is 0 Å². The molecule has 4 heteroatoms. The standard InChI is InChI=1S/C7H6ClOS.Li/c8-6-10(9)7-4-2-1-3-5-7;/h1-6H;/q-1;+1. The first-order valence-electron chi connectivity index (χ1n) is 2.74. The van der Waals surface area contributed by atoms with Crippen LogP contribution in [0.25, 0.3) is 0 Å². The Bertz CT molecular complexity index is 227. The van der Waals surface area contributed by atoms with Crippen molar-refractivity contribution in [1.82, 2.24) is 0 Å². The summed E-state index contributed by atoms with van der Waals surface area (Å²) in [5.74, 6) is 0. The normalized spacial score (nSPS) is 11.7. The molecule has 1 aromatic rings. The molecule has 0 N–H and O–H groups in total. The zero-order valence-corrected chi connectivity index (χ0v) is 7.73. The van der Waals surface area contributed by atoms with Crippen molar-refractivity contribution < 1.29 is 23.1 Å². The van der Waals surface area contributed by atoms with Crippen LogP contribution in [0, 0.1) is 5.21 Å². The van der Waals surface area contributed by atoms with Crippen LogP contribution >= 0.6 is 11.6 Å². The molecule has 54 valence electrons. The van der Waals surface area contributed by atoms with Crippen LogP contribution in [-0.4, -0.2) is 4.21 Å². The third-order valence-corrected chi connectivity index (χ3v) is 2.44. The smallest absolute Gasteiger partial charge is 0.335 e. The molecule has 1 nitrogen and oxygen atoms in total. The van der Waals surface area contributed by atoms with Crippen LogP contribution in [0.5, 0.6) is 0 Å². The van der Waals surface area contributed by atoms with Crippen LogP contribution in [0.3, 0.4) is 0 Å². The van der Waals surface area contributed by atoms with Crippen LogP contribution in [0.15, 0.2) is 35.2 Å². The number of hydrogen-bond donors (Lipinski definition) is 0. The molecule has 0 aromatic heterocycles. The molecule has 1 unspecified atom stereocenters. The van der Waals surface area contributed by atoms with Gasteiger partial charge in [0.2, 0.25) is 0 Å². The molecule has 0 amide bonds. The molecular formula is C7H6ClLiOS. The molecular weight excluding hydrogens is 175 g/mol. The maximum absolute atomic E-state index is 10.9. The Kier molecular flexibility index (Phi) is 5.99. The first kappa shape index (κ1) is 11.3. The van der Waals surface area contributed by atoms with Crippen LogP contribution < -0.4 is 18.9 Å². The average Bonchev–Trinajstić information content (AvgIpc) is 2.05. The summed E-state index contributed by atoms with van der Waals surface area (Å²) >= 11 is 5.26. The Labute approximate surface area is 85.8 Å². The minimum atomic E-state index is -1.15. The molecule has 11 heavy (non-hydrogen) atoms. The van der Waals surface area contributed by atoms with E-state index in [0.29, 0.717) is 0 Å². The van der Waals surface area contributed by atoms with E-state index < -0.39 is 10.8 Å². The minimum Gasteiger partial charge on any atom is -0.335 e. The molecule has 0 fully saturated rings. The summed E-state index contributed by atoms with van der Waals surface area (Å²) in [6.45, 7) is 0. The predicted octanol–water partition coefficient (Wildman–Crippen LogP) is -0.844. The minimum absolute atomic E-state index is 0. The van der Waals surface area contributed by atoms with E-state index in [9.17, 15) is 4.21 Å². The van der Waals surface area contributed by atoms with Crippen molar-refractivity contribution in [3.8, 4) is 0 Å². The van der Waals surface area contributed by atoms with Crippen LogP contribution in [0.2, 0.25) is 0 Å². The van der Waals surface area contributed by atoms with Gasteiger partial charge in [-0.25, -0.2) is 0 Å². The first-order chi connectivity index (χ1) is 4.84. The van der Waals surface area contributed by atoms with Crippen molar-refractivity contribution in [2.75, 3.05) is 0 Å². The van der Waals surface area contributed by atoms with Gasteiger partial charge in [0.25, 0.3) is 0 Å². The van der Waals surface area contributed by atoms with Gasteiger partial charge in [0, 0.05) is 4.90 Å². The van der Waals surface area contributed by atoms with Crippen molar-refractivity contribution in [3.63, 3.8) is 0 Å². The average molecular weight is 181 g/mol. The molecule has 0 heterocycles. The van der Waals surface area contributed by atoms with Crippen LogP contribution in [0.4, 0.5) is 0 Å². The summed E-state index contributed by atoms with van der Waals surface area (Å²) in [4.78, 5) is 0.734. The Morgan fingerprint density at radius 2 is 1.82 bits per heavy atom. The van der Waals surface area contributed by atoms with Gasteiger partial charge in [-0.1, -0.05) is 29.0 Å². The fourth-order valence-corrected chi connectivity index (χ4v) is 1.44. The summed E-state index contributed by atoms with van der Waals surface area (Å²) in [7, 11) is -1.15. The van der Waals surface area contributed by atoms with Crippen molar-refractivity contribution in [1.29, 1.82) is 0 Å². The summed E-state index contributed by atoms with van der Waals surface area (Å²) < 4.78 is 10.9. The molecule has 1 atom stereocenters. The van der Waals surface area contributed by atoms with Crippen molar-refractivity contribution in [2.24, 2.45) is 0 Å². The maximum atomic E-state index is 10.9. The van der Waals surface area contributed by atoms with Gasteiger partial charge in [0.05, 0.1) is 0 Å². The first-order valence-corrected chi connectivity index (χ1v) is 4.38. The molecule has 1 aromatic carbocycles. The molecule has 0 radical (unpaired) electrons. The summed E-state index contributed by atoms with van der Waals surface area (Å²) in [6, 6.07) is 9.07. The van der Waals surface area contributed by atoms with Gasteiger partial charge in [0.15, 0.2) is 0 Å². The molecule has 0 spiro atoms. The number of halogens is 1. The number of hydrogen-bond acceptors (Lipinski definition) is 1. The molecule has 0 aliphatic rings. The Morgan fingerprint density at radius 1 is 1.27 bits per heavy atom. The monoisotopic (exact) mass is 180 g/mol. The largest absolute Gasteiger partial charge is 1.00 e. The maximum Gasteiger partial charge on any atom is 1.00 e. The Morgan fingerprint density at radius 3 is 2.27 bits per heavy atom. The molecule has 0 saturated heterocycles. The molecule has 0 saturated carbocycles. The van der Waals surface area contributed by atoms with Crippen molar-refractivity contribution in [2.45, 2.75) is 4.90 Å². The van der Waals surface area contributed by atoms with E-state index >= 15 is 0 Å². The summed E-state index contributed by atoms with van der Waals surface area (Å²) in [5.41, 5.74) is 0. The van der Waals surface area contributed by atoms with Gasteiger partial charge < -0.3 is 11.6 Å². The van der Waals surface area contributed by atoms with E-state index in [2.05, 4.69) is 0 Å². The van der Waals surface area contributed by atoms with E-state index in [0.717, 1.165) is 10.1 Å². The van der Waals surface area contributed by atoms with Gasteiger partial charge in [-0.05, 0) is 12.1 Å². The second-order valence-electron chi connectivity index (χ2n) is 1.70. The van der Waals surface area contributed by atoms with Crippen molar-refractivity contribution in [3.05, 3.63) is 35.5 Å². The zero-order chi connectivity index (χ0) is 7.40. The van der Waals surface area contributed by atoms with E-state index in [4.69, 9.17) is 11.6 Å². The molecule has 0 bridgehead atoms. The molecule has 0 aliphatic heterocycles. The van der Waals surface area contributed by atoms with E-state index in [1.807, 2.05) is 18.2 Å². The van der Waals surface area contributed by atoms with Gasteiger partial charge in [-0.3, -0.25) is 4.21 Å². The third-order valence-electron chi connectivity index (χ3n) is 1.06.